The van der Waals surface area contributed by atoms with Crippen LogP contribution in [0.1, 0.15) is 0 Å². The summed E-state index contributed by atoms with van der Waals surface area (Å²) in [5.74, 6) is 0. The summed E-state index contributed by atoms with van der Waals surface area (Å²) in [5, 5.41) is 4.19. The summed E-state index contributed by atoms with van der Waals surface area (Å²) in [7, 11) is -0.446. The van der Waals surface area contributed by atoms with Gasteiger partial charge in [-0.15, -0.1) is 6.58 Å². The zero-order chi connectivity index (χ0) is 19.6. The number of nitrogens with one attached hydrogen (secondary N) is 2. The molecule has 0 heterocycles. The molecule has 3 rings (SSSR count). The van der Waals surface area contributed by atoms with Crippen molar-refractivity contribution < 1.29 is 17.1 Å². The molecule has 0 unspecified atom stereocenters. The van der Waals surface area contributed by atoms with E-state index in [4.69, 9.17) is 9.81 Å². The van der Waals surface area contributed by atoms with E-state index >= 15 is 0 Å². The van der Waals surface area contributed by atoms with Gasteiger partial charge in [0.2, 0.25) is 0 Å². The van der Waals surface area contributed by atoms with Gasteiger partial charge in [0.15, 0.2) is 0 Å². The van der Waals surface area contributed by atoms with Crippen LogP contribution in [0.25, 0.3) is 0 Å². The molecule has 0 atom stereocenters. The Morgan fingerprint density at radius 2 is 0.778 bits per heavy atom. The maximum Gasteiger partial charge on any atom is 0 e. The Hall–Kier alpha value is -2.45. The molecule has 0 aliphatic rings. The molecule has 2 N–H and O–H groups in total. The van der Waals surface area contributed by atoms with Crippen LogP contribution < -0.4 is 15.9 Å². The Kier molecular flexibility index (Phi) is 18.2. The first-order valence-electron chi connectivity index (χ1n) is 7.63. The van der Waals surface area contributed by atoms with Crippen molar-refractivity contribution in [1.29, 1.82) is 11.2 Å². The van der Waals surface area contributed by atoms with E-state index in [1.165, 1.54) is 22.0 Å². The molecule has 0 aliphatic carbocycles. The summed E-state index contributed by atoms with van der Waals surface area (Å²) >= 11 is 0. The van der Waals surface area contributed by atoms with Gasteiger partial charge in [0.05, 0.1) is 0 Å². The van der Waals surface area contributed by atoms with Crippen LogP contribution in [0.5, 0.6) is 0 Å². The summed E-state index contributed by atoms with van der Waals surface area (Å²) < 4.78 is 0. The molecule has 0 saturated heterocycles. The molecule has 0 aliphatic heterocycles. The Bertz CT molecular complexity index is 620. The second kappa shape index (κ2) is 18.3. The molecule has 1 radical (unpaired) electrons. The van der Waals surface area contributed by atoms with Crippen molar-refractivity contribution >= 4 is 23.8 Å². The average molecular weight is 421 g/mol. The molecule has 141 valence electrons. The number of nitroso groups, excluding NO2 is 2. The summed E-state index contributed by atoms with van der Waals surface area (Å²) in [4.78, 5) is 15.0. The third-order valence-electron chi connectivity index (χ3n) is 3.04. The molecular formula is C21H22FeN2O2P. The van der Waals surface area contributed by atoms with Crippen molar-refractivity contribution in [3.63, 3.8) is 0 Å². The standard InChI is InChI=1S/C18H15P.C3H5.Fe.2HNO/c1-4-10-16(11-5-1)19(17-12-6-2-7-13-17)18-14-8-3-9-15-18;1-3-2;;2*1-2/h1-15H;3H,1-2H2;;2*1H. The molecule has 0 saturated carbocycles. The maximum atomic E-state index is 7.50. The zero-order valence-electron chi connectivity index (χ0n) is 14.8. The van der Waals surface area contributed by atoms with E-state index in [0.717, 1.165) is 0 Å². The Balaban J connectivity index is 0. The van der Waals surface area contributed by atoms with E-state index in [1.807, 2.05) is 0 Å². The van der Waals surface area contributed by atoms with Crippen molar-refractivity contribution in [2.45, 2.75) is 0 Å². The minimum absolute atomic E-state index is 0. The fourth-order valence-electron chi connectivity index (χ4n) is 2.18. The second-order valence-electron chi connectivity index (χ2n) is 4.63. The van der Waals surface area contributed by atoms with Crippen molar-refractivity contribution in [3.8, 4) is 0 Å². The van der Waals surface area contributed by atoms with Gasteiger partial charge in [-0.1, -0.05) is 108 Å². The van der Waals surface area contributed by atoms with Gasteiger partial charge in [0, 0.05) is 17.1 Å². The maximum absolute atomic E-state index is 7.50. The first-order valence-corrected chi connectivity index (χ1v) is 8.97. The minimum atomic E-state index is -0.446. The van der Waals surface area contributed by atoms with Gasteiger partial charge in [-0.2, -0.15) is 9.81 Å². The van der Waals surface area contributed by atoms with Crippen LogP contribution in [0.4, 0.5) is 0 Å². The molecule has 0 spiro atoms. The molecular weight excluding hydrogens is 399 g/mol. The molecule has 0 amide bonds. The zero-order valence-corrected chi connectivity index (χ0v) is 16.8. The van der Waals surface area contributed by atoms with E-state index in [-0.39, 0.29) is 17.1 Å². The van der Waals surface area contributed by atoms with E-state index in [2.05, 4.69) is 116 Å². The van der Waals surface area contributed by atoms with Crippen molar-refractivity contribution in [3.05, 3.63) is 120 Å². The van der Waals surface area contributed by atoms with Gasteiger partial charge in [0.25, 0.3) is 0 Å². The normalized spacial score (nSPS) is 8.22. The first kappa shape index (κ1) is 26.8. The number of rotatable bonds is 3. The van der Waals surface area contributed by atoms with Crippen LogP contribution in [-0.4, -0.2) is 0 Å². The minimum Gasteiger partial charge on any atom is -0.154 e. The number of hydrogen-bond acceptors (Lipinski definition) is 4. The molecule has 0 aromatic heterocycles. The molecule has 3 aromatic carbocycles. The van der Waals surface area contributed by atoms with Gasteiger partial charge in [-0.05, 0) is 30.8 Å². The molecule has 3 aromatic rings. The quantitative estimate of drug-likeness (QED) is 0.350. The van der Waals surface area contributed by atoms with Gasteiger partial charge in [-0.25, -0.2) is 0 Å². The molecule has 27 heavy (non-hydrogen) atoms. The Morgan fingerprint density at radius 3 is 0.963 bits per heavy atom. The van der Waals surface area contributed by atoms with Crippen molar-refractivity contribution in [1.82, 2.24) is 0 Å². The van der Waals surface area contributed by atoms with E-state index < -0.39 is 7.92 Å². The van der Waals surface area contributed by atoms with Crippen molar-refractivity contribution in [2.24, 2.45) is 0 Å². The van der Waals surface area contributed by atoms with Crippen molar-refractivity contribution in [2.75, 3.05) is 0 Å². The van der Waals surface area contributed by atoms with E-state index in [1.54, 1.807) is 0 Å². The molecule has 0 fully saturated rings. The predicted molar refractivity (Wildman–Crippen MR) is 113 cm³/mol. The summed E-state index contributed by atoms with van der Waals surface area (Å²) in [6.45, 7) is 6.50. The van der Waals surface area contributed by atoms with E-state index in [9.17, 15) is 0 Å². The van der Waals surface area contributed by atoms with Gasteiger partial charge < -0.3 is 0 Å². The monoisotopic (exact) mass is 421 g/mol. The van der Waals surface area contributed by atoms with Crippen LogP contribution in [0.3, 0.4) is 0 Å². The molecule has 6 heteroatoms. The van der Waals surface area contributed by atoms with E-state index in [0.29, 0.717) is 0 Å². The SMILES string of the molecule is N=O.N=O.[CH2]C=C.[Fe].c1ccc(P(c2ccccc2)c2ccccc2)cc1. The first-order chi connectivity index (χ1) is 12.9. The van der Waals surface area contributed by atoms with Gasteiger partial charge in [0.1, 0.15) is 0 Å². The average Bonchev–Trinajstić information content (AvgIpc) is 2.74. The number of benzene rings is 3. The Morgan fingerprint density at radius 1 is 0.593 bits per heavy atom. The van der Waals surface area contributed by atoms with Crippen LogP contribution in [0, 0.1) is 27.9 Å². The largest absolute Gasteiger partial charge is 0.154 e. The number of allylic oxidation sites excluding steroid dienone is 1. The van der Waals surface area contributed by atoms with Crippen LogP contribution >= 0.6 is 7.92 Å². The Labute approximate surface area is 172 Å². The number of hydrogen-bond donors (Lipinski definition) is 2. The second-order valence-corrected chi connectivity index (χ2v) is 6.85. The molecule has 0 bridgehead atoms. The summed E-state index contributed by atoms with van der Waals surface area (Å²) in [5.41, 5.74) is 9.00. The molecule has 4 nitrogen and oxygen atoms in total. The van der Waals surface area contributed by atoms with Gasteiger partial charge in [-0.3, -0.25) is 0 Å². The van der Waals surface area contributed by atoms with Gasteiger partial charge >= 0.3 is 0 Å². The topological polar surface area (TPSA) is 81.8 Å². The summed E-state index contributed by atoms with van der Waals surface area (Å²) in [6.07, 6.45) is 1.50. The fourth-order valence-corrected chi connectivity index (χ4v) is 4.48. The van der Waals surface area contributed by atoms with Crippen LogP contribution in [0.15, 0.2) is 104 Å². The van der Waals surface area contributed by atoms with Crippen LogP contribution in [-0.2, 0) is 17.1 Å². The smallest absolute Gasteiger partial charge is 0 e. The predicted octanol–water partition coefficient (Wildman–Crippen LogP) is 5.11. The van der Waals surface area contributed by atoms with Crippen LogP contribution in [0.2, 0.25) is 0 Å². The summed E-state index contributed by atoms with van der Waals surface area (Å²) in [6, 6.07) is 32.3. The third-order valence-corrected chi connectivity index (χ3v) is 5.49. The third kappa shape index (κ3) is 9.72. The fraction of sp³-hybridized carbons (Fsp3) is 0.